The van der Waals surface area contributed by atoms with Crippen molar-refractivity contribution in [1.82, 2.24) is 9.38 Å². The summed E-state index contributed by atoms with van der Waals surface area (Å²) in [7, 11) is 4.09. The van der Waals surface area contributed by atoms with Crippen LogP contribution in [0.5, 0.6) is 11.5 Å². The molecule has 0 spiro atoms. The van der Waals surface area contributed by atoms with Gasteiger partial charge >= 0.3 is 0 Å². The van der Waals surface area contributed by atoms with Crippen molar-refractivity contribution in [3.05, 3.63) is 65.9 Å². The lowest BCUT2D eigenvalue weighted by molar-refractivity contribution is 0.171. The van der Waals surface area contributed by atoms with Crippen LogP contribution in [0, 0.1) is 13.8 Å². The molecular weight excluding hydrogens is 388 g/mol. The number of pyridine rings is 1. The van der Waals surface area contributed by atoms with Crippen molar-refractivity contribution in [3.8, 4) is 22.8 Å². The van der Waals surface area contributed by atoms with Crippen LogP contribution in [0.3, 0.4) is 0 Å². The molecule has 1 aliphatic heterocycles. The van der Waals surface area contributed by atoms with E-state index < -0.39 is 0 Å². The van der Waals surface area contributed by atoms with Gasteiger partial charge in [0.2, 0.25) is 0 Å². The molecule has 1 N–H and O–H groups in total. The van der Waals surface area contributed by atoms with Crippen LogP contribution in [0.1, 0.15) is 11.3 Å². The van der Waals surface area contributed by atoms with E-state index in [-0.39, 0.29) is 0 Å². The molecule has 0 aliphatic carbocycles. The Morgan fingerprint density at radius 2 is 1.65 bits per heavy atom. The summed E-state index contributed by atoms with van der Waals surface area (Å²) < 4.78 is 13.6. The molecule has 31 heavy (non-hydrogen) atoms. The van der Waals surface area contributed by atoms with Crippen LogP contribution >= 0.6 is 0 Å². The smallest absolute Gasteiger partial charge is 0.163 e. The SMILES string of the molecule is Cc1cc(C)n2c(Nc3ccc4c(c3)OCCO4)c(-c3ccc(N(C)C)cc3)nc2c1. The largest absolute Gasteiger partial charge is 0.486 e. The molecule has 5 rings (SSSR count). The van der Waals surface area contributed by atoms with Crippen molar-refractivity contribution in [2.45, 2.75) is 13.8 Å². The zero-order chi connectivity index (χ0) is 21.5. The molecule has 4 aromatic rings. The number of hydrogen-bond acceptors (Lipinski definition) is 5. The lowest BCUT2D eigenvalue weighted by atomic mass is 10.1. The Kier molecular flexibility index (Phi) is 4.70. The predicted molar refractivity (Wildman–Crippen MR) is 125 cm³/mol. The van der Waals surface area contributed by atoms with E-state index in [4.69, 9.17) is 14.5 Å². The number of hydrogen-bond donors (Lipinski definition) is 1. The number of nitrogens with zero attached hydrogens (tertiary/aromatic N) is 3. The van der Waals surface area contributed by atoms with Crippen LogP contribution in [-0.4, -0.2) is 36.7 Å². The van der Waals surface area contributed by atoms with Crippen molar-refractivity contribution in [2.24, 2.45) is 0 Å². The van der Waals surface area contributed by atoms with Crippen molar-refractivity contribution in [3.63, 3.8) is 0 Å². The highest BCUT2D eigenvalue weighted by Crippen LogP contribution is 2.37. The maximum Gasteiger partial charge on any atom is 0.163 e. The second-order valence-corrected chi connectivity index (χ2v) is 8.10. The summed E-state index contributed by atoms with van der Waals surface area (Å²) in [5, 5.41) is 3.60. The quantitative estimate of drug-likeness (QED) is 0.497. The van der Waals surface area contributed by atoms with Crippen LogP contribution in [-0.2, 0) is 0 Å². The number of anilines is 3. The number of ether oxygens (including phenoxy) is 2. The minimum absolute atomic E-state index is 0.563. The Bertz CT molecular complexity index is 1260. The molecule has 0 amide bonds. The fraction of sp³-hybridized carbons (Fsp3) is 0.240. The van der Waals surface area contributed by atoms with E-state index in [0.29, 0.717) is 13.2 Å². The van der Waals surface area contributed by atoms with Gasteiger partial charge in [-0.05, 0) is 55.8 Å². The first-order chi connectivity index (χ1) is 15.0. The molecule has 0 atom stereocenters. The third-order valence-electron chi connectivity index (χ3n) is 5.51. The second-order valence-electron chi connectivity index (χ2n) is 8.10. The summed E-state index contributed by atoms with van der Waals surface area (Å²) in [5.74, 6) is 2.47. The van der Waals surface area contributed by atoms with E-state index in [9.17, 15) is 0 Å². The molecular formula is C25H26N4O2. The molecule has 6 heteroatoms. The number of benzene rings is 2. The third-order valence-corrected chi connectivity index (χ3v) is 5.51. The number of nitrogens with one attached hydrogen (secondary N) is 1. The number of aromatic nitrogens is 2. The Balaban J connectivity index is 1.64. The highest BCUT2D eigenvalue weighted by atomic mass is 16.6. The van der Waals surface area contributed by atoms with Gasteiger partial charge in [-0.1, -0.05) is 12.1 Å². The van der Waals surface area contributed by atoms with Crippen LogP contribution in [0.4, 0.5) is 17.2 Å². The number of imidazole rings is 1. The molecule has 0 radical (unpaired) electrons. The fourth-order valence-electron chi connectivity index (χ4n) is 4.02. The van der Waals surface area contributed by atoms with Crippen molar-refractivity contribution in [2.75, 3.05) is 37.5 Å². The Morgan fingerprint density at radius 3 is 2.39 bits per heavy atom. The van der Waals surface area contributed by atoms with Gasteiger partial charge in [0.25, 0.3) is 0 Å². The first kappa shape index (κ1) is 19.3. The first-order valence-corrected chi connectivity index (χ1v) is 10.4. The van der Waals surface area contributed by atoms with Gasteiger partial charge in [-0.15, -0.1) is 0 Å². The molecule has 0 fully saturated rings. The monoisotopic (exact) mass is 414 g/mol. The lowest BCUT2D eigenvalue weighted by Crippen LogP contribution is -2.15. The molecule has 1 aliphatic rings. The Labute approximate surface area is 182 Å². The normalized spacial score (nSPS) is 12.8. The lowest BCUT2D eigenvalue weighted by Gasteiger charge is -2.19. The number of rotatable bonds is 4. The maximum absolute atomic E-state index is 5.77. The zero-order valence-corrected chi connectivity index (χ0v) is 18.3. The molecule has 2 aromatic heterocycles. The number of aryl methyl sites for hydroxylation is 2. The highest BCUT2D eigenvalue weighted by molar-refractivity contribution is 5.81. The van der Waals surface area contributed by atoms with Crippen LogP contribution in [0.25, 0.3) is 16.9 Å². The molecule has 3 heterocycles. The number of fused-ring (bicyclic) bond motifs is 2. The average Bonchev–Trinajstić information content (AvgIpc) is 3.12. The molecule has 0 saturated heterocycles. The summed E-state index contributed by atoms with van der Waals surface area (Å²) in [6, 6.07) is 18.7. The van der Waals surface area contributed by atoms with Crippen LogP contribution < -0.4 is 19.7 Å². The summed E-state index contributed by atoms with van der Waals surface area (Å²) in [6.07, 6.45) is 0. The van der Waals surface area contributed by atoms with Crippen LogP contribution in [0.15, 0.2) is 54.6 Å². The van der Waals surface area contributed by atoms with Crippen molar-refractivity contribution >= 4 is 22.8 Å². The van der Waals surface area contributed by atoms with E-state index in [1.165, 1.54) is 5.56 Å². The summed E-state index contributed by atoms with van der Waals surface area (Å²) in [5.41, 5.74) is 7.29. The van der Waals surface area contributed by atoms with Gasteiger partial charge in [0.15, 0.2) is 11.5 Å². The van der Waals surface area contributed by atoms with Crippen molar-refractivity contribution in [1.29, 1.82) is 0 Å². The summed E-state index contributed by atoms with van der Waals surface area (Å²) in [6.45, 7) is 5.35. The van der Waals surface area contributed by atoms with Crippen molar-refractivity contribution < 1.29 is 9.47 Å². The standard InChI is InChI=1S/C25H26N4O2/c1-16-13-17(2)29-23(14-16)27-24(18-5-8-20(9-6-18)28(3)4)25(29)26-19-7-10-21-22(15-19)31-12-11-30-21/h5-10,13-15,26H,11-12H2,1-4H3. The van der Waals surface area contributed by atoms with E-state index >= 15 is 0 Å². The van der Waals surface area contributed by atoms with Gasteiger partial charge in [0.1, 0.15) is 30.4 Å². The molecule has 0 saturated carbocycles. The molecule has 6 nitrogen and oxygen atoms in total. The minimum atomic E-state index is 0.563. The Hall–Kier alpha value is -3.67. The maximum atomic E-state index is 5.77. The van der Waals surface area contributed by atoms with E-state index in [1.54, 1.807) is 0 Å². The van der Waals surface area contributed by atoms with Gasteiger partial charge < -0.3 is 19.7 Å². The third kappa shape index (κ3) is 3.54. The molecule has 0 unspecified atom stereocenters. The van der Waals surface area contributed by atoms with Gasteiger partial charge in [-0.3, -0.25) is 4.40 Å². The van der Waals surface area contributed by atoms with Gasteiger partial charge in [0.05, 0.1) is 0 Å². The van der Waals surface area contributed by atoms with Gasteiger partial charge in [-0.25, -0.2) is 4.98 Å². The molecule has 158 valence electrons. The molecule has 0 bridgehead atoms. The summed E-state index contributed by atoms with van der Waals surface area (Å²) in [4.78, 5) is 7.09. The van der Waals surface area contributed by atoms with Crippen LogP contribution in [0.2, 0.25) is 0 Å². The fourth-order valence-corrected chi connectivity index (χ4v) is 4.02. The second kappa shape index (κ2) is 7.54. The Morgan fingerprint density at radius 1 is 0.903 bits per heavy atom. The minimum Gasteiger partial charge on any atom is -0.486 e. The summed E-state index contributed by atoms with van der Waals surface area (Å²) >= 11 is 0. The van der Waals surface area contributed by atoms with Gasteiger partial charge in [-0.2, -0.15) is 0 Å². The van der Waals surface area contributed by atoms with E-state index in [1.807, 2.05) is 32.3 Å². The van der Waals surface area contributed by atoms with E-state index in [2.05, 4.69) is 64.9 Å². The first-order valence-electron chi connectivity index (χ1n) is 10.4. The zero-order valence-electron chi connectivity index (χ0n) is 18.3. The average molecular weight is 415 g/mol. The van der Waals surface area contributed by atoms with Gasteiger partial charge in [0, 0.05) is 42.8 Å². The predicted octanol–water partition coefficient (Wildman–Crippen LogP) is 5.20. The highest BCUT2D eigenvalue weighted by Gasteiger charge is 2.18. The molecule has 2 aromatic carbocycles. The van der Waals surface area contributed by atoms with E-state index in [0.717, 1.165) is 51.3 Å². The topological polar surface area (TPSA) is 51.0 Å².